The molecule has 0 aromatic heterocycles. The van der Waals surface area contributed by atoms with Crippen molar-refractivity contribution >= 4 is 0 Å². The molecule has 0 aliphatic carbocycles. The minimum Gasteiger partial charge on any atom is -0.358 e. The molecule has 0 nitrogen and oxygen atoms in total. The molecule has 0 amide bonds. The van der Waals surface area contributed by atoms with Gasteiger partial charge < -0.3 is 14.9 Å². The second kappa shape index (κ2) is 12.1. The minimum atomic E-state index is 0. The smallest absolute Gasteiger partial charge is 0.00258 e. The summed E-state index contributed by atoms with van der Waals surface area (Å²) in [4.78, 5) is 0. The van der Waals surface area contributed by atoms with E-state index in [1.54, 1.807) is 0 Å². The van der Waals surface area contributed by atoms with Crippen LogP contribution in [0, 0.1) is 21.8 Å². The van der Waals surface area contributed by atoms with Crippen molar-refractivity contribution in [1.82, 2.24) is 0 Å². The molecule has 0 aliphatic rings. The molecule has 0 spiro atoms. The lowest BCUT2D eigenvalue weighted by molar-refractivity contribution is 1.11. The fourth-order valence-electron chi connectivity index (χ4n) is 3.86. The predicted octanol–water partition coefficient (Wildman–Crippen LogP) is 8.23. The van der Waals surface area contributed by atoms with Crippen molar-refractivity contribution < 1.29 is 0 Å². The second-order valence-corrected chi connectivity index (χ2v) is 8.32. The highest BCUT2D eigenvalue weighted by molar-refractivity contribution is 5.35. The Bertz CT molecular complexity index is 1050. The molecule has 0 radical (unpaired) electrons. The van der Waals surface area contributed by atoms with E-state index >= 15 is 0 Å². The topological polar surface area (TPSA) is 0 Å². The third-order valence-corrected chi connectivity index (χ3v) is 5.82. The first-order valence-corrected chi connectivity index (χ1v) is 11.0. The Labute approximate surface area is 196 Å². The summed E-state index contributed by atoms with van der Waals surface area (Å²) in [5, 5.41) is 0. The fraction of sp³-hybridized carbons (Fsp3) is 0.188. The van der Waals surface area contributed by atoms with Crippen LogP contribution in [0.2, 0.25) is 0 Å². The quantitative estimate of drug-likeness (QED) is 0.264. The van der Waals surface area contributed by atoms with E-state index in [0.717, 1.165) is 25.7 Å². The van der Waals surface area contributed by atoms with Crippen LogP contribution >= 0.6 is 0 Å². The lowest BCUT2D eigenvalue weighted by atomic mass is 9.98. The van der Waals surface area contributed by atoms with Crippen molar-refractivity contribution in [3.8, 4) is 0 Å². The van der Waals surface area contributed by atoms with Crippen LogP contribution in [0.1, 0.15) is 51.4 Å². The maximum absolute atomic E-state index is 2.27. The molecule has 0 saturated carbocycles. The second-order valence-electron chi connectivity index (χ2n) is 8.32. The minimum absolute atomic E-state index is 0. The first kappa shape index (κ1) is 25.1. The number of hydrogen-bond donors (Lipinski definition) is 0. The maximum atomic E-state index is 2.27. The maximum Gasteiger partial charge on any atom is -0.00258 e. The summed E-state index contributed by atoms with van der Waals surface area (Å²) in [5.41, 5.74) is 10.9. The van der Waals surface area contributed by atoms with E-state index in [1.807, 2.05) is 0 Å². The number of aryl methyl sites for hydroxylation is 2. The SMILES string of the molecule is CCc1ccc(Cc2ccc(Cc3ccc(Cc4ccc(C)cc4)cc3)cc2)cc1.[CH3-].[CH3-]. The molecule has 0 aliphatic heterocycles. The molecule has 0 saturated heterocycles. The van der Waals surface area contributed by atoms with Gasteiger partial charge in [-0.15, -0.1) is 0 Å². The highest BCUT2D eigenvalue weighted by Gasteiger charge is 2.01. The van der Waals surface area contributed by atoms with E-state index in [4.69, 9.17) is 0 Å². The van der Waals surface area contributed by atoms with Crippen LogP contribution in [0.25, 0.3) is 0 Å². The van der Waals surface area contributed by atoms with Crippen LogP contribution in [0.4, 0.5) is 0 Å². The van der Waals surface area contributed by atoms with Gasteiger partial charge in [0.15, 0.2) is 0 Å². The Morgan fingerprint density at radius 3 is 0.844 bits per heavy atom. The average molecular weight is 421 g/mol. The summed E-state index contributed by atoms with van der Waals surface area (Å²) >= 11 is 0. The number of rotatable bonds is 7. The van der Waals surface area contributed by atoms with Gasteiger partial charge in [0.2, 0.25) is 0 Å². The molecule has 0 fully saturated rings. The molecule has 0 heteroatoms. The van der Waals surface area contributed by atoms with Crippen molar-refractivity contribution in [1.29, 1.82) is 0 Å². The van der Waals surface area contributed by atoms with Gasteiger partial charge in [-0.1, -0.05) is 110 Å². The monoisotopic (exact) mass is 420 g/mol. The lowest BCUT2D eigenvalue weighted by Gasteiger charge is -2.07. The molecule has 4 aromatic carbocycles. The Kier molecular flexibility index (Phi) is 9.47. The largest absolute Gasteiger partial charge is 0.358 e. The van der Waals surface area contributed by atoms with Crippen LogP contribution in [0.15, 0.2) is 97.1 Å². The van der Waals surface area contributed by atoms with Gasteiger partial charge >= 0.3 is 0 Å². The zero-order valence-electron chi connectivity index (χ0n) is 20.1. The van der Waals surface area contributed by atoms with Crippen LogP contribution in [-0.4, -0.2) is 0 Å². The van der Waals surface area contributed by atoms with E-state index in [0.29, 0.717) is 0 Å². The summed E-state index contributed by atoms with van der Waals surface area (Å²) in [7, 11) is 0. The van der Waals surface area contributed by atoms with Gasteiger partial charge in [0.05, 0.1) is 0 Å². The average Bonchev–Trinajstić information content (AvgIpc) is 2.78. The van der Waals surface area contributed by atoms with Gasteiger partial charge in [0, 0.05) is 0 Å². The first-order valence-electron chi connectivity index (χ1n) is 11.0. The molecule has 0 heterocycles. The van der Waals surface area contributed by atoms with Crippen molar-refractivity contribution in [2.24, 2.45) is 0 Å². The normalized spacial score (nSPS) is 10.2. The summed E-state index contributed by atoms with van der Waals surface area (Å²) in [5.74, 6) is 0. The van der Waals surface area contributed by atoms with E-state index in [-0.39, 0.29) is 14.9 Å². The Morgan fingerprint density at radius 1 is 0.375 bits per heavy atom. The molecule has 4 rings (SSSR count). The summed E-state index contributed by atoms with van der Waals surface area (Å²) < 4.78 is 0. The zero-order valence-corrected chi connectivity index (χ0v) is 20.1. The summed E-state index contributed by atoms with van der Waals surface area (Å²) in [6, 6.07) is 36.0. The Balaban J connectivity index is 0.00000181. The standard InChI is InChI=1S/C30H30.2CH3/c1-3-24-8-10-26(11-9-24)21-28-16-18-30(19-17-28)22-29-14-12-27(13-15-29)20-25-6-4-23(2)5-7-25;;/h4-19H,3,20-22H2,1-2H3;2*1H3/q;2*-1. The van der Waals surface area contributed by atoms with Crippen molar-refractivity contribution in [2.45, 2.75) is 39.5 Å². The summed E-state index contributed by atoms with van der Waals surface area (Å²) in [6.07, 6.45) is 4.07. The third-order valence-electron chi connectivity index (χ3n) is 5.82. The highest BCUT2D eigenvalue weighted by Crippen LogP contribution is 2.17. The van der Waals surface area contributed by atoms with Gasteiger partial charge in [0.25, 0.3) is 0 Å². The van der Waals surface area contributed by atoms with Crippen LogP contribution in [-0.2, 0) is 25.7 Å². The van der Waals surface area contributed by atoms with Gasteiger partial charge in [-0.05, 0) is 71.6 Å². The van der Waals surface area contributed by atoms with E-state index in [2.05, 4.69) is 111 Å². The fourth-order valence-corrected chi connectivity index (χ4v) is 3.86. The van der Waals surface area contributed by atoms with Crippen LogP contribution < -0.4 is 0 Å². The third kappa shape index (κ3) is 6.95. The molecular weight excluding hydrogens is 384 g/mol. The molecule has 32 heavy (non-hydrogen) atoms. The molecule has 166 valence electrons. The first-order chi connectivity index (χ1) is 14.7. The van der Waals surface area contributed by atoms with E-state index < -0.39 is 0 Å². The molecule has 0 unspecified atom stereocenters. The number of hydrogen-bond acceptors (Lipinski definition) is 0. The molecule has 0 atom stereocenters. The molecule has 0 bridgehead atoms. The van der Waals surface area contributed by atoms with E-state index in [9.17, 15) is 0 Å². The van der Waals surface area contributed by atoms with E-state index in [1.165, 1.54) is 44.5 Å². The van der Waals surface area contributed by atoms with Crippen molar-refractivity contribution in [3.05, 3.63) is 156 Å². The van der Waals surface area contributed by atoms with Gasteiger partial charge in [0.1, 0.15) is 0 Å². The summed E-state index contributed by atoms with van der Waals surface area (Å²) in [6.45, 7) is 4.33. The Morgan fingerprint density at radius 2 is 0.594 bits per heavy atom. The van der Waals surface area contributed by atoms with Crippen LogP contribution in [0.5, 0.6) is 0 Å². The number of benzene rings is 4. The van der Waals surface area contributed by atoms with Crippen molar-refractivity contribution in [3.63, 3.8) is 0 Å². The van der Waals surface area contributed by atoms with Crippen molar-refractivity contribution in [2.75, 3.05) is 0 Å². The van der Waals surface area contributed by atoms with Gasteiger partial charge in [-0.3, -0.25) is 0 Å². The predicted molar refractivity (Wildman–Crippen MR) is 141 cm³/mol. The molecular formula is C32H36-2. The highest BCUT2D eigenvalue weighted by atomic mass is 14.1. The molecule has 0 N–H and O–H groups in total. The lowest BCUT2D eigenvalue weighted by Crippen LogP contribution is -1.93. The van der Waals surface area contributed by atoms with Gasteiger partial charge in [-0.2, -0.15) is 0 Å². The zero-order chi connectivity index (χ0) is 20.8. The molecule has 4 aromatic rings. The van der Waals surface area contributed by atoms with Gasteiger partial charge in [-0.25, -0.2) is 0 Å². The Hall–Kier alpha value is -3.12. The van der Waals surface area contributed by atoms with Crippen LogP contribution in [0.3, 0.4) is 0 Å².